The van der Waals surface area contributed by atoms with Crippen LogP contribution in [0.2, 0.25) is 0 Å². The summed E-state index contributed by atoms with van der Waals surface area (Å²) in [5.74, 6) is 0. The van der Waals surface area contributed by atoms with Gasteiger partial charge in [-0.25, -0.2) is 0 Å². The summed E-state index contributed by atoms with van der Waals surface area (Å²) in [6.45, 7) is 4.21. The van der Waals surface area contributed by atoms with Gasteiger partial charge in [-0.1, -0.05) is 6.92 Å². The van der Waals surface area contributed by atoms with E-state index in [1.54, 1.807) is 11.3 Å². The number of fused-ring (bicyclic) bond motifs is 1. The topological polar surface area (TPSA) is 23.8 Å². The van der Waals surface area contributed by atoms with E-state index in [-0.39, 0.29) is 0 Å². The number of nitrogens with zero attached hydrogens (tertiary/aromatic N) is 1. The maximum absolute atomic E-state index is 9.02. The highest BCUT2D eigenvalue weighted by molar-refractivity contribution is 7.17. The molecule has 1 aromatic heterocycles. The molecule has 0 amide bonds. The molecule has 2 heteroatoms. The van der Waals surface area contributed by atoms with Gasteiger partial charge in [0.05, 0.1) is 11.6 Å². The minimum atomic E-state index is 0.830. The number of aryl methyl sites for hydroxylation is 1. The van der Waals surface area contributed by atoms with Crippen molar-refractivity contribution in [2.45, 2.75) is 20.3 Å². The van der Waals surface area contributed by atoms with E-state index in [0.29, 0.717) is 0 Å². The number of nitriles is 1. The average molecular weight is 201 g/mol. The summed E-state index contributed by atoms with van der Waals surface area (Å²) in [5.41, 5.74) is 3.30. The molecule has 0 N–H and O–H groups in total. The number of hydrogen-bond donors (Lipinski definition) is 0. The van der Waals surface area contributed by atoms with E-state index >= 15 is 0 Å². The van der Waals surface area contributed by atoms with Crippen LogP contribution in [0, 0.1) is 18.3 Å². The van der Waals surface area contributed by atoms with Crippen molar-refractivity contribution in [3.8, 4) is 6.07 Å². The second-order valence-corrected chi connectivity index (χ2v) is 4.25. The molecule has 2 rings (SSSR count). The largest absolute Gasteiger partial charge is 0.192 e. The minimum Gasteiger partial charge on any atom is -0.192 e. The standard InChI is InChI=1S/C12H11NS/c1-3-11-8(2)12-9(4-5-14-12)6-10(11)7-13/h4-6H,3H2,1-2H3. The van der Waals surface area contributed by atoms with Gasteiger partial charge in [0.25, 0.3) is 0 Å². The van der Waals surface area contributed by atoms with Crippen molar-refractivity contribution in [1.29, 1.82) is 5.26 Å². The highest BCUT2D eigenvalue weighted by atomic mass is 32.1. The Morgan fingerprint density at radius 2 is 2.29 bits per heavy atom. The zero-order valence-corrected chi connectivity index (χ0v) is 9.11. The summed E-state index contributed by atoms with van der Waals surface area (Å²) in [6, 6.07) is 6.35. The summed E-state index contributed by atoms with van der Waals surface area (Å²) in [7, 11) is 0. The Bertz CT molecular complexity index is 517. The molecule has 0 fully saturated rings. The van der Waals surface area contributed by atoms with E-state index in [1.165, 1.54) is 21.2 Å². The average Bonchev–Trinajstić information content (AvgIpc) is 2.65. The van der Waals surface area contributed by atoms with Gasteiger partial charge >= 0.3 is 0 Å². The lowest BCUT2D eigenvalue weighted by molar-refractivity contribution is 1.11. The highest BCUT2D eigenvalue weighted by Crippen LogP contribution is 2.29. The van der Waals surface area contributed by atoms with Crippen molar-refractivity contribution in [2.24, 2.45) is 0 Å². The maximum atomic E-state index is 9.02. The van der Waals surface area contributed by atoms with Gasteiger partial charge in [-0.15, -0.1) is 11.3 Å². The molecule has 0 unspecified atom stereocenters. The third-order valence-electron chi connectivity index (χ3n) is 2.59. The first-order valence-corrected chi connectivity index (χ1v) is 5.55. The molecule has 70 valence electrons. The molecule has 0 spiro atoms. The van der Waals surface area contributed by atoms with E-state index in [2.05, 4.69) is 31.4 Å². The molecule has 1 nitrogen and oxygen atoms in total. The van der Waals surface area contributed by atoms with Crippen LogP contribution in [-0.2, 0) is 6.42 Å². The number of rotatable bonds is 1. The molecule has 0 radical (unpaired) electrons. The molecule has 0 aliphatic heterocycles. The summed E-state index contributed by atoms with van der Waals surface area (Å²) in [4.78, 5) is 0. The van der Waals surface area contributed by atoms with Crippen LogP contribution < -0.4 is 0 Å². The van der Waals surface area contributed by atoms with Gasteiger partial charge in [0, 0.05) is 4.70 Å². The molecule has 0 atom stereocenters. The van der Waals surface area contributed by atoms with Crippen LogP contribution in [-0.4, -0.2) is 0 Å². The molecule has 0 bridgehead atoms. The number of benzene rings is 1. The molecular weight excluding hydrogens is 190 g/mol. The normalized spacial score (nSPS) is 10.4. The monoisotopic (exact) mass is 201 g/mol. The maximum Gasteiger partial charge on any atom is 0.0994 e. The predicted octanol–water partition coefficient (Wildman–Crippen LogP) is 3.64. The van der Waals surface area contributed by atoms with Crippen molar-refractivity contribution in [3.63, 3.8) is 0 Å². The first kappa shape index (κ1) is 9.23. The van der Waals surface area contributed by atoms with Crippen LogP contribution in [0.15, 0.2) is 17.5 Å². The highest BCUT2D eigenvalue weighted by Gasteiger charge is 2.08. The molecule has 0 aliphatic carbocycles. The number of thiophene rings is 1. The Morgan fingerprint density at radius 3 is 2.93 bits per heavy atom. The Morgan fingerprint density at radius 1 is 1.50 bits per heavy atom. The zero-order chi connectivity index (χ0) is 10.1. The van der Waals surface area contributed by atoms with Crippen molar-refractivity contribution >= 4 is 21.4 Å². The Balaban J connectivity index is 2.87. The second kappa shape index (κ2) is 3.43. The lowest BCUT2D eigenvalue weighted by Crippen LogP contribution is -1.91. The van der Waals surface area contributed by atoms with Crippen molar-refractivity contribution in [3.05, 3.63) is 34.2 Å². The lowest BCUT2D eigenvalue weighted by atomic mass is 9.98. The van der Waals surface area contributed by atoms with Gasteiger partial charge in [-0.05, 0) is 47.4 Å². The van der Waals surface area contributed by atoms with Gasteiger partial charge in [-0.3, -0.25) is 0 Å². The van der Waals surface area contributed by atoms with Crippen LogP contribution >= 0.6 is 11.3 Å². The summed E-state index contributed by atoms with van der Waals surface area (Å²) >= 11 is 1.75. The van der Waals surface area contributed by atoms with E-state index < -0.39 is 0 Å². The Hall–Kier alpha value is -1.33. The molecule has 0 saturated carbocycles. The first-order valence-electron chi connectivity index (χ1n) is 4.67. The number of hydrogen-bond acceptors (Lipinski definition) is 2. The molecule has 0 aliphatic rings. The lowest BCUT2D eigenvalue weighted by Gasteiger charge is -2.06. The zero-order valence-electron chi connectivity index (χ0n) is 8.29. The van der Waals surface area contributed by atoms with Crippen LogP contribution in [0.4, 0.5) is 0 Å². The quantitative estimate of drug-likeness (QED) is 0.691. The van der Waals surface area contributed by atoms with Gasteiger partial charge < -0.3 is 0 Å². The van der Waals surface area contributed by atoms with Gasteiger partial charge in [0.1, 0.15) is 0 Å². The summed E-state index contributed by atoms with van der Waals surface area (Å²) < 4.78 is 1.32. The van der Waals surface area contributed by atoms with Crippen molar-refractivity contribution in [2.75, 3.05) is 0 Å². The molecule has 1 aromatic carbocycles. The Kier molecular flexibility index (Phi) is 2.26. The van der Waals surface area contributed by atoms with Gasteiger partial charge in [0.2, 0.25) is 0 Å². The van der Waals surface area contributed by atoms with Gasteiger partial charge in [0.15, 0.2) is 0 Å². The molecule has 1 heterocycles. The smallest absolute Gasteiger partial charge is 0.0994 e. The Labute approximate surface area is 87.6 Å². The SMILES string of the molecule is CCc1c(C#N)cc2ccsc2c1C. The predicted molar refractivity (Wildman–Crippen MR) is 60.7 cm³/mol. The van der Waals surface area contributed by atoms with Crippen LogP contribution in [0.5, 0.6) is 0 Å². The summed E-state index contributed by atoms with van der Waals surface area (Å²) in [6.07, 6.45) is 0.933. The van der Waals surface area contributed by atoms with Crippen LogP contribution in [0.1, 0.15) is 23.6 Å². The molecule has 0 saturated heterocycles. The fraction of sp³-hybridized carbons (Fsp3) is 0.250. The second-order valence-electron chi connectivity index (χ2n) is 3.33. The van der Waals surface area contributed by atoms with E-state index in [4.69, 9.17) is 5.26 Å². The molecular formula is C12H11NS. The van der Waals surface area contributed by atoms with E-state index in [1.807, 2.05) is 6.07 Å². The van der Waals surface area contributed by atoms with Crippen LogP contribution in [0.3, 0.4) is 0 Å². The third-order valence-corrected chi connectivity index (χ3v) is 3.64. The van der Waals surface area contributed by atoms with Crippen molar-refractivity contribution in [1.82, 2.24) is 0 Å². The minimum absolute atomic E-state index is 0.830. The summed E-state index contributed by atoms with van der Waals surface area (Å²) in [5, 5.41) is 12.3. The van der Waals surface area contributed by atoms with Gasteiger partial charge in [-0.2, -0.15) is 5.26 Å². The fourth-order valence-corrected chi connectivity index (χ4v) is 2.79. The molecule has 2 aromatic rings. The fourth-order valence-electron chi connectivity index (χ4n) is 1.87. The van der Waals surface area contributed by atoms with Crippen molar-refractivity contribution < 1.29 is 0 Å². The van der Waals surface area contributed by atoms with Crippen LogP contribution in [0.25, 0.3) is 10.1 Å². The molecule has 14 heavy (non-hydrogen) atoms. The van der Waals surface area contributed by atoms with E-state index in [0.717, 1.165) is 12.0 Å². The third kappa shape index (κ3) is 1.21. The van der Waals surface area contributed by atoms with E-state index in [9.17, 15) is 0 Å². The first-order chi connectivity index (χ1) is 6.77.